The predicted octanol–water partition coefficient (Wildman–Crippen LogP) is 6.04. The molecule has 0 unspecified atom stereocenters. The van der Waals surface area contributed by atoms with Gasteiger partial charge in [-0.1, -0.05) is 66.4 Å². The van der Waals surface area contributed by atoms with E-state index >= 15 is 0 Å². The third-order valence-corrected chi connectivity index (χ3v) is 5.80. The fraction of sp³-hybridized carbons (Fsp3) is 0.120. The summed E-state index contributed by atoms with van der Waals surface area (Å²) in [6.45, 7) is 1.93. The second-order valence-electron chi connectivity index (χ2n) is 6.71. The lowest BCUT2D eigenvalue weighted by Gasteiger charge is -2.06. The van der Waals surface area contributed by atoms with E-state index < -0.39 is 5.97 Å². The molecule has 1 heterocycles. The van der Waals surface area contributed by atoms with Crippen molar-refractivity contribution in [1.82, 2.24) is 0 Å². The number of aliphatic hydroxyl groups excluding tert-OH is 1. The van der Waals surface area contributed by atoms with Crippen LogP contribution in [-0.2, 0) is 9.53 Å². The average molecular weight is 432 g/mol. The summed E-state index contributed by atoms with van der Waals surface area (Å²) in [5.41, 5.74) is 1.57. The van der Waals surface area contributed by atoms with E-state index in [-0.39, 0.29) is 17.9 Å². The number of methoxy groups -OCH3 is 1. The average Bonchev–Trinajstić information content (AvgIpc) is 3.09. The summed E-state index contributed by atoms with van der Waals surface area (Å²) in [6.07, 6.45) is 1.78. The standard InChI is InChI=1S/C25H21NO4S/c1-3-30-25(28)22-23(27)21(15-17-10-5-7-14-20(17)29-2)31-24(22)26-19-13-8-11-16-9-4-6-12-18(16)19/h4-15,27H,3H2,1-2H3. The largest absolute Gasteiger partial charge is 0.506 e. The number of carbonyl (C=O) groups is 1. The maximum Gasteiger partial charge on any atom is 0.344 e. The van der Waals surface area contributed by atoms with E-state index in [2.05, 4.69) is 0 Å². The summed E-state index contributed by atoms with van der Waals surface area (Å²) in [5, 5.41) is 13.3. The molecule has 0 spiro atoms. The minimum Gasteiger partial charge on any atom is -0.506 e. The Labute approximate surface area is 184 Å². The molecule has 0 bridgehead atoms. The van der Waals surface area contributed by atoms with E-state index in [9.17, 15) is 9.90 Å². The van der Waals surface area contributed by atoms with E-state index in [0.717, 1.165) is 16.3 Å². The van der Waals surface area contributed by atoms with Crippen LogP contribution in [0.4, 0.5) is 5.69 Å². The van der Waals surface area contributed by atoms with Gasteiger partial charge in [0.15, 0.2) is 0 Å². The fourth-order valence-corrected chi connectivity index (χ4v) is 4.35. The Morgan fingerprint density at radius 2 is 1.81 bits per heavy atom. The van der Waals surface area contributed by atoms with E-state index in [1.54, 1.807) is 20.1 Å². The number of benzene rings is 3. The Kier molecular flexibility index (Phi) is 6.09. The molecule has 0 radical (unpaired) electrons. The molecule has 31 heavy (non-hydrogen) atoms. The van der Waals surface area contributed by atoms with Crippen LogP contribution in [0.3, 0.4) is 0 Å². The number of para-hydroxylation sites is 1. The van der Waals surface area contributed by atoms with Gasteiger partial charge in [-0.3, -0.25) is 0 Å². The molecule has 0 aromatic heterocycles. The molecule has 0 fully saturated rings. The van der Waals surface area contributed by atoms with Crippen LogP contribution in [0.25, 0.3) is 16.8 Å². The molecule has 4 rings (SSSR count). The third-order valence-electron chi connectivity index (χ3n) is 4.78. The van der Waals surface area contributed by atoms with E-state index in [0.29, 0.717) is 21.4 Å². The Morgan fingerprint density at radius 1 is 1.06 bits per heavy atom. The summed E-state index contributed by atoms with van der Waals surface area (Å²) in [5.74, 6) is -0.0798. The summed E-state index contributed by atoms with van der Waals surface area (Å²) in [4.78, 5) is 17.9. The minimum absolute atomic E-state index is 0.0703. The van der Waals surface area contributed by atoms with Crippen molar-refractivity contribution in [3.05, 3.63) is 88.5 Å². The van der Waals surface area contributed by atoms with Crippen LogP contribution in [0.15, 0.2) is 88.0 Å². The second kappa shape index (κ2) is 9.10. The van der Waals surface area contributed by atoms with Gasteiger partial charge in [-0.15, -0.1) is 0 Å². The lowest BCUT2D eigenvalue weighted by atomic mass is 10.1. The lowest BCUT2D eigenvalue weighted by Crippen LogP contribution is -2.12. The van der Waals surface area contributed by atoms with Crippen molar-refractivity contribution in [1.29, 1.82) is 0 Å². The molecule has 3 aromatic carbocycles. The highest BCUT2D eigenvalue weighted by Crippen LogP contribution is 2.41. The first kappa shape index (κ1) is 20.8. The molecule has 0 saturated heterocycles. The molecule has 0 amide bonds. The van der Waals surface area contributed by atoms with Crippen molar-refractivity contribution < 1.29 is 19.4 Å². The number of carbonyl (C=O) groups excluding carboxylic acids is 1. The zero-order chi connectivity index (χ0) is 21.8. The molecule has 1 aliphatic heterocycles. The third kappa shape index (κ3) is 4.20. The highest BCUT2D eigenvalue weighted by atomic mass is 32.2. The zero-order valence-corrected chi connectivity index (χ0v) is 18.0. The topological polar surface area (TPSA) is 68.1 Å². The molecule has 1 N–H and O–H groups in total. The Hall–Kier alpha value is -3.51. The van der Waals surface area contributed by atoms with Gasteiger partial charge in [0.25, 0.3) is 0 Å². The van der Waals surface area contributed by atoms with Crippen LogP contribution in [0.5, 0.6) is 5.75 Å². The number of esters is 1. The monoisotopic (exact) mass is 431 g/mol. The Bertz CT molecular complexity index is 1240. The molecule has 0 atom stereocenters. The second-order valence-corrected chi connectivity index (χ2v) is 7.74. The van der Waals surface area contributed by atoms with Gasteiger partial charge < -0.3 is 14.6 Å². The van der Waals surface area contributed by atoms with Crippen molar-refractivity contribution in [2.75, 3.05) is 13.7 Å². The van der Waals surface area contributed by atoms with Gasteiger partial charge in [-0.25, -0.2) is 9.79 Å². The van der Waals surface area contributed by atoms with E-state index in [1.807, 2.05) is 66.7 Å². The van der Waals surface area contributed by atoms with Crippen molar-refractivity contribution >= 4 is 45.3 Å². The van der Waals surface area contributed by atoms with Gasteiger partial charge >= 0.3 is 5.97 Å². The number of nitrogens with zero attached hydrogens (tertiary/aromatic N) is 1. The minimum atomic E-state index is -0.602. The molecule has 5 nitrogen and oxygen atoms in total. The molecule has 0 aliphatic carbocycles. The van der Waals surface area contributed by atoms with Crippen molar-refractivity contribution in [3.63, 3.8) is 0 Å². The quantitative estimate of drug-likeness (QED) is 0.499. The van der Waals surface area contributed by atoms with E-state index in [1.165, 1.54) is 11.8 Å². The SMILES string of the molecule is CCOC(=O)C1=C(O)C(=Cc2ccccc2OC)SC1=Nc1cccc2ccccc12. The van der Waals surface area contributed by atoms with Crippen LogP contribution in [0.2, 0.25) is 0 Å². The molecule has 3 aromatic rings. The maximum atomic E-state index is 12.7. The maximum absolute atomic E-state index is 12.7. The molecular weight excluding hydrogens is 410 g/mol. The van der Waals surface area contributed by atoms with Crippen LogP contribution < -0.4 is 4.74 Å². The Morgan fingerprint density at radius 3 is 2.61 bits per heavy atom. The van der Waals surface area contributed by atoms with E-state index in [4.69, 9.17) is 14.5 Å². The lowest BCUT2D eigenvalue weighted by molar-refractivity contribution is -0.138. The summed E-state index contributed by atoms with van der Waals surface area (Å²) in [6, 6.07) is 21.2. The van der Waals surface area contributed by atoms with Crippen LogP contribution in [0.1, 0.15) is 12.5 Å². The number of hydrogen-bond acceptors (Lipinski definition) is 6. The van der Waals surface area contributed by atoms with Gasteiger partial charge in [0, 0.05) is 10.9 Å². The van der Waals surface area contributed by atoms with Crippen molar-refractivity contribution in [2.45, 2.75) is 6.92 Å². The smallest absolute Gasteiger partial charge is 0.344 e. The summed E-state index contributed by atoms with van der Waals surface area (Å²) >= 11 is 1.23. The summed E-state index contributed by atoms with van der Waals surface area (Å²) < 4.78 is 10.6. The number of hydrogen-bond donors (Lipinski definition) is 1. The molecule has 1 aliphatic rings. The number of aliphatic hydroxyl groups is 1. The van der Waals surface area contributed by atoms with Crippen LogP contribution in [0, 0.1) is 0 Å². The molecule has 156 valence electrons. The van der Waals surface area contributed by atoms with Gasteiger partial charge in [0.1, 0.15) is 22.1 Å². The number of ether oxygens (including phenoxy) is 2. The highest BCUT2D eigenvalue weighted by Gasteiger charge is 2.33. The van der Waals surface area contributed by atoms with Crippen LogP contribution >= 0.6 is 11.8 Å². The van der Waals surface area contributed by atoms with Gasteiger partial charge in [0.2, 0.25) is 0 Å². The predicted molar refractivity (Wildman–Crippen MR) is 126 cm³/mol. The summed E-state index contributed by atoms with van der Waals surface area (Å²) in [7, 11) is 1.59. The zero-order valence-electron chi connectivity index (χ0n) is 17.2. The van der Waals surface area contributed by atoms with Gasteiger partial charge in [0.05, 0.1) is 24.3 Å². The Balaban J connectivity index is 1.83. The first-order chi connectivity index (χ1) is 15.1. The van der Waals surface area contributed by atoms with Crippen molar-refractivity contribution in [3.8, 4) is 5.75 Å². The molecule has 6 heteroatoms. The number of fused-ring (bicyclic) bond motifs is 1. The number of thioether (sulfide) groups is 1. The first-order valence-corrected chi connectivity index (χ1v) is 10.6. The number of rotatable bonds is 5. The highest BCUT2D eigenvalue weighted by molar-refractivity contribution is 8.18. The fourth-order valence-electron chi connectivity index (χ4n) is 3.33. The first-order valence-electron chi connectivity index (χ1n) is 9.82. The normalized spacial score (nSPS) is 16.3. The van der Waals surface area contributed by atoms with Gasteiger partial charge in [-0.05, 0) is 30.5 Å². The van der Waals surface area contributed by atoms with Crippen LogP contribution in [-0.4, -0.2) is 29.8 Å². The van der Waals surface area contributed by atoms with Gasteiger partial charge in [-0.2, -0.15) is 0 Å². The van der Waals surface area contributed by atoms with Crippen molar-refractivity contribution in [2.24, 2.45) is 4.99 Å². The number of aliphatic imine (C=N–C) groups is 1. The molecular formula is C25H21NO4S. The molecule has 0 saturated carbocycles.